The van der Waals surface area contributed by atoms with Crippen LogP contribution in [0.1, 0.15) is 18.2 Å². The summed E-state index contributed by atoms with van der Waals surface area (Å²) in [5, 5.41) is 1.27. The van der Waals surface area contributed by atoms with E-state index in [4.69, 9.17) is 5.73 Å². The first-order chi connectivity index (χ1) is 9.13. The van der Waals surface area contributed by atoms with E-state index in [-0.39, 0.29) is 0 Å². The van der Waals surface area contributed by atoms with E-state index in [1.165, 1.54) is 10.9 Å². The van der Waals surface area contributed by atoms with Crippen LogP contribution in [0.15, 0.2) is 30.3 Å². The zero-order valence-electron chi connectivity index (χ0n) is 11.6. The molecule has 0 bridgehead atoms. The Morgan fingerprint density at radius 2 is 2.11 bits per heavy atom. The lowest BCUT2D eigenvalue weighted by molar-refractivity contribution is 0.320. The van der Waals surface area contributed by atoms with Crippen molar-refractivity contribution in [3.8, 4) is 0 Å². The zero-order valence-corrected chi connectivity index (χ0v) is 11.6. The van der Waals surface area contributed by atoms with Gasteiger partial charge in [-0.2, -0.15) is 0 Å². The maximum Gasteiger partial charge on any atom is 0.0708 e. The highest BCUT2D eigenvalue weighted by molar-refractivity contribution is 5.82. The van der Waals surface area contributed by atoms with Crippen LogP contribution in [0.5, 0.6) is 0 Å². The molecular weight excluding hydrogens is 234 g/mol. The molecule has 1 aromatic carbocycles. The van der Waals surface area contributed by atoms with Gasteiger partial charge in [0.2, 0.25) is 0 Å². The minimum absolute atomic E-state index is 0.314. The van der Waals surface area contributed by atoms with Gasteiger partial charge < -0.3 is 5.73 Å². The molecule has 0 amide bonds. The minimum Gasteiger partial charge on any atom is -0.326 e. The van der Waals surface area contributed by atoms with Crippen LogP contribution in [0.4, 0.5) is 0 Å². The first kappa shape index (κ1) is 12.6. The molecule has 2 N–H and O–H groups in total. The predicted octanol–water partition coefficient (Wildman–Crippen LogP) is 2.32. The summed E-state index contributed by atoms with van der Waals surface area (Å²) in [4.78, 5) is 7.05. The van der Waals surface area contributed by atoms with Gasteiger partial charge in [-0.05, 0) is 30.5 Å². The fraction of sp³-hybridized carbons (Fsp3) is 0.438. The Morgan fingerprint density at radius 1 is 1.32 bits per heavy atom. The van der Waals surface area contributed by atoms with E-state index in [0.29, 0.717) is 12.0 Å². The Hall–Kier alpha value is -1.45. The van der Waals surface area contributed by atoms with Gasteiger partial charge in [-0.3, -0.25) is 9.88 Å². The average Bonchev–Trinajstić information content (AvgIpc) is 2.68. The van der Waals surface area contributed by atoms with E-state index in [1.54, 1.807) is 0 Å². The van der Waals surface area contributed by atoms with E-state index in [2.05, 4.69) is 48.0 Å². The van der Waals surface area contributed by atoms with Crippen LogP contribution in [-0.4, -0.2) is 29.0 Å². The van der Waals surface area contributed by atoms with Gasteiger partial charge in [0.15, 0.2) is 0 Å². The molecule has 0 aliphatic carbocycles. The summed E-state index contributed by atoms with van der Waals surface area (Å²) in [5.74, 6) is 0.592. The van der Waals surface area contributed by atoms with Gasteiger partial charge in [-0.25, -0.2) is 0 Å². The average molecular weight is 255 g/mol. The number of aromatic nitrogens is 1. The van der Waals surface area contributed by atoms with Gasteiger partial charge in [0.05, 0.1) is 5.52 Å². The fourth-order valence-electron chi connectivity index (χ4n) is 2.99. The summed E-state index contributed by atoms with van der Waals surface area (Å²) < 4.78 is 0. The standard InChI is InChI=1S/C16H21N3/c1-11-8-19(10-15(11)17)9-13-7-12(2)18-16-6-4-3-5-14(13)16/h3-7,11,15H,8-10,17H2,1-2H3. The summed E-state index contributed by atoms with van der Waals surface area (Å²) in [7, 11) is 0. The molecule has 0 saturated carbocycles. The highest BCUT2D eigenvalue weighted by Gasteiger charge is 2.26. The second kappa shape index (κ2) is 4.91. The number of fused-ring (bicyclic) bond motifs is 1. The van der Waals surface area contributed by atoms with Crippen molar-refractivity contribution in [2.24, 2.45) is 11.7 Å². The van der Waals surface area contributed by atoms with Crippen LogP contribution >= 0.6 is 0 Å². The number of aryl methyl sites for hydroxylation is 1. The molecule has 1 saturated heterocycles. The molecule has 1 aliphatic heterocycles. The summed E-state index contributed by atoms with van der Waals surface area (Å²) in [5.41, 5.74) is 9.66. The van der Waals surface area contributed by atoms with Crippen molar-refractivity contribution in [2.75, 3.05) is 13.1 Å². The number of nitrogens with zero attached hydrogens (tertiary/aromatic N) is 2. The fourth-order valence-corrected chi connectivity index (χ4v) is 2.99. The summed E-state index contributed by atoms with van der Waals surface area (Å²) >= 11 is 0. The number of benzene rings is 1. The molecule has 3 heteroatoms. The van der Waals surface area contributed by atoms with Crippen molar-refractivity contribution in [1.29, 1.82) is 0 Å². The van der Waals surface area contributed by atoms with E-state index in [1.807, 2.05) is 6.07 Å². The third-order valence-electron chi connectivity index (χ3n) is 4.07. The molecule has 2 atom stereocenters. The van der Waals surface area contributed by atoms with Gasteiger partial charge >= 0.3 is 0 Å². The topological polar surface area (TPSA) is 42.1 Å². The van der Waals surface area contributed by atoms with Crippen molar-refractivity contribution in [1.82, 2.24) is 9.88 Å². The molecule has 2 aromatic rings. The van der Waals surface area contributed by atoms with Crippen LogP contribution in [0.3, 0.4) is 0 Å². The van der Waals surface area contributed by atoms with E-state index < -0.39 is 0 Å². The number of hydrogen-bond acceptors (Lipinski definition) is 3. The van der Waals surface area contributed by atoms with Gasteiger partial charge in [-0.1, -0.05) is 25.1 Å². The van der Waals surface area contributed by atoms with E-state index in [9.17, 15) is 0 Å². The molecule has 19 heavy (non-hydrogen) atoms. The van der Waals surface area contributed by atoms with E-state index >= 15 is 0 Å². The number of rotatable bonds is 2. The molecule has 3 nitrogen and oxygen atoms in total. The second-order valence-electron chi connectivity index (χ2n) is 5.78. The smallest absolute Gasteiger partial charge is 0.0708 e. The molecule has 1 fully saturated rings. The number of pyridine rings is 1. The Bertz CT molecular complexity index is 584. The molecule has 0 spiro atoms. The minimum atomic E-state index is 0.314. The zero-order chi connectivity index (χ0) is 13.4. The lowest BCUT2D eigenvalue weighted by Gasteiger charge is -2.17. The van der Waals surface area contributed by atoms with Crippen LogP contribution < -0.4 is 5.73 Å². The Kier molecular flexibility index (Phi) is 3.25. The van der Waals surface area contributed by atoms with Crippen molar-refractivity contribution in [3.05, 3.63) is 41.6 Å². The monoisotopic (exact) mass is 255 g/mol. The number of para-hydroxylation sites is 1. The first-order valence-corrected chi connectivity index (χ1v) is 6.96. The molecule has 1 aliphatic rings. The van der Waals surface area contributed by atoms with Gasteiger partial charge in [0, 0.05) is 36.8 Å². The first-order valence-electron chi connectivity index (χ1n) is 6.96. The molecule has 2 unspecified atom stereocenters. The van der Waals surface area contributed by atoms with Gasteiger partial charge in [0.25, 0.3) is 0 Å². The second-order valence-corrected chi connectivity index (χ2v) is 5.78. The normalized spacial score (nSPS) is 24.2. The third-order valence-corrected chi connectivity index (χ3v) is 4.07. The van der Waals surface area contributed by atoms with Gasteiger partial charge in [-0.15, -0.1) is 0 Å². The predicted molar refractivity (Wildman–Crippen MR) is 78.9 cm³/mol. The summed E-state index contributed by atoms with van der Waals surface area (Å²) in [6, 6.07) is 10.9. The number of nitrogens with two attached hydrogens (primary N) is 1. The number of hydrogen-bond donors (Lipinski definition) is 1. The summed E-state index contributed by atoms with van der Waals surface area (Å²) in [6.45, 7) is 7.37. The highest BCUT2D eigenvalue weighted by atomic mass is 15.2. The quantitative estimate of drug-likeness (QED) is 0.895. The van der Waals surface area contributed by atoms with Crippen LogP contribution in [0, 0.1) is 12.8 Å². The Balaban J connectivity index is 1.92. The molecular formula is C16H21N3. The maximum absolute atomic E-state index is 6.11. The lowest BCUT2D eigenvalue weighted by Crippen LogP contribution is -2.28. The molecule has 1 aromatic heterocycles. The van der Waals surface area contributed by atoms with Gasteiger partial charge in [0.1, 0.15) is 0 Å². The van der Waals surface area contributed by atoms with Crippen molar-refractivity contribution in [3.63, 3.8) is 0 Å². The molecule has 0 radical (unpaired) electrons. The summed E-state index contributed by atoms with van der Waals surface area (Å²) in [6.07, 6.45) is 0. The Labute approximate surface area is 114 Å². The molecule has 2 heterocycles. The SMILES string of the molecule is Cc1cc(CN2CC(C)C(N)C2)c2ccccc2n1. The Morgan fingerprint density at radius 3 is 2.84 bits per heavy atom. The van der Waals surface area contributed by atoms with Crippen LogP contribution in [-0.2, 0) is 6.54 Å². The van der Waals surface area contributed by atoms with Crippen LogP contribution in [0.2, 0.25) is 0 Å². The van der Waals surface area contributed by atoms with Crippen molar-refractivity contribution < 1.29 is 0 Å². The molecule has 3 rings (SSSR count). The third kappa shape index (κ3) is 2.48. The number of likely N-dealkylation sites (tertiary alicyclic amines) is 1. The van der Waals surface area contributed by atoms with E-state index in [0.717, 1.165) is 30.8 Å². The highest BCUT2D eigenvalue weighted by Crippen LogP contribution is 2.23. The maximum atomic E-state index is 6.11. The van der Waals surface area contributed by atoms with Crippen LogP contribution in [0.25, 0.3) is 10.9 Å². The molecule has 100 valence electrons. The van der Waals surface area contributed by atoms with Crippen molar-refractivity contribution >= 4 is 10.9 Å². The largest absolute Gasteiger partial charge is 0.326 e. The van der Waals surface area contributed by atoms with Crippen molar-refractivity contribution in [2.45, 2.75) is 26.4 Å². The lowest BCUT2D eigenvalue weighted by atomic mass is 10.1.